The van der Waals surface area contributed by atoms with Gasteiger partial charge in [-0.25, -0.2) is 0 Å². The lowest BCUT2D eigenvalue weighted by atomic mass is 9.92. The highest BCUT2D eigenvalue weighted by Crippen LogP contribution is 2.54. The number of aromatic nitrogens is 1. The van der Waals surface area contributed by atoms with E-state index in [0.29, 0.717) is 24.4 Å². The van der Waals surface area contributed by atoms with Crippen LogP contribution in [0, 0.1) is 16.7 Å². The Bertz CT molecular complexity index is 914. The Morgan fingerprint density at radius 1 is 1.23 bits per heavy atom. The normalized spacial score (nSPS) is 18.1. The van der Waals surface area contributed by atoms with Crippen molar-refractivity contribution in [1.82, 2.24) is 4.98 Å². The van der Waals surface area contributed by atoms with Crippen molar-refractivity contribution in [3.8, 4) is 11.8 Å². The minimum atomic E-state index is -0.324. The molecule has 1 spiro atoms. The highest BCUT2D eigenvalue weighted by atomic mass is 16.5. The number of hydrogen-bond acceptors (Lipinski definition) is 5. The second-order valence-corrected chi connectivity index (χ2v) is 7.33. The third kappa shape index (κ3) is 3.04. The first-order chi connectivity index (χ1) is 12.7. The van der Waals surface area contributed by atoms with Crippen molar-refractivity contribution in [2.45, 2.75) is 25.7 Å². The third-order valence-electron chi connectivity index (χ3n) is 5.72. The molecule has 1 saturated heterocycles. The third-order valence-corrected chi connectivity index (χ3v) is 5.72. The second-order valence-electron chi connectivity index (χ2n) is 7.33. The molecule has 1 N–H and O–H groups in total. The van der Waals surface area contributed by atoms with Crippen molar-refractivity contribution >= 4 is 16.6 Å². The van der Waals surface area contributed by atoms with E-state index in [1.54, 1.807) is 7.11 Å². The summed E-state index contributed by atoms with van der Waals surface area (Å²) < 4.78 is 10.7. The zero-order valence-electron chi connectivity index (χ0n) is 15.0. The van der Waals surface area contributed by atoms with Crippen molar-refractivity contribution in [3.63, 3.8) is 0 Å². The van der Waals surface area contributed by atoms with Crippen molar-refractivity contribution in [3.05, 3.63) is 34.1 Å². The first-order valence-electron chi connectivity index (χ1n) is 9.13. The molecule has 1 aromatic carbocycles. The molecular weight excluding hydrogens is 330 g/mol. The standard InChI is InChI=1S/C20H23N3O3/c1-25-10-11-26-14-2-3-17-15(12-14)18(16(13-21)19(24)22-17)23-8-6-20(4-5-20)7-9-23/h2-3,12H,4-11H2,1H3,(H,22,24). The molecule has 4 rings (SSSR count). The SMILES string of the molecule is COCCOc1ccc2[nH]c(=O)c(C#N)c(N3CCC4(CC3)CC4)c2c1. The Hall–Kier alpha value is -2.52. The van der Waals surface area contributed by atoms with Crippen LogP contribution in [-0.4, -0.2) is 38.4 Å². The van der Waals surface area contributed by atoms with Gasteiger partial charge in [0.25, 0.3) is 5.56 Å². The van der Waals surface area contributed by atoms with E-state index in [4.69, 9.17) is 9.47 Å². The maximum atomic E-state index is 12.4. The molecule has 6 heteroatoms. The lowest BCUT2D eigenvalue weighted by molar-refractivity contribution is 0.146. The lowest BCUT2D eigenvalue weighted by Crippen LogP contribution is -2.36. The van der Waals surface area contributed by atoms with E-state index in [9.17, 15) is 10.1 Å². The molecule has 26 heavy (non-hydrogen) atoms. The van der Waals surface area contributed by atoms with Crippen LogP contribution in [-0.2, 0) is 4.74 Å². The van der Waals surface area contributed by atoms with E-state index >= 15 is 0 Å². The molecule has 2 aliphatic rings. The van der Waals surface area contributed by atoms with Gasteiger partial charge in [-0.05, 0) is 49.3 Å². The van der Waals surface area contributed by atoms with E-state index in [0.717, 1.165) is 42.5 Å². The van der Waals surface area contributed by atoms with Gasteiger partial charge >= 0.3 is 0 Å². The first kappa shape index (κ1) is 16.9. The average Bonchev–Trinajstić information content (AvgIpc) is 3.41. The predicted octanol–water partition coefficient (Wildman–Crippen LogP) is 2.81. The number of piperidine rings is 1. The molecule has 2 aromatic rings. The van der Waals surface area contributed by atoms with E-state index in [2.05, 4.69) is 16.0 Å². The number of fused-ring (bicyclic) bond motifs is 1. The van der Waals surface area contributed by atoms with Gasteiger partial charge in [0.05, 0.1) is 17.8 Å². The number of ether oxygens (including phenoxy) is 2. The molecule has 2 fully saturated rings. The quantitative estimate of drug-likeness (QED) is 0.836. The number of hydrogen-bond donors (Lipinski definition) is 1. The van der Waals surface area contributed by atoms with Gasteiger partial charge in [-0.1, -0.05) is 0 Å². The first-order valence-corrected chi connectivity index (χ1v) is 9.13. The molecule has 0 bridgehead atoms. The molecule has 6 nitrogen and oxygen atoms in total. The van der Waals surface area contributed by atoms with Gasteiger partial charge in [0.15, 0.2) is 0 Å². The summed E-state index contributed by atoms with van der Waals surface area (Å²) in [7, 11) is 1.63. The summed E-state index contributed by atoms with van der Waals surface area (Å²) in [6, 6.07) is 7.71. The second kappa shape index (κ2) is 6.65. The van der Waals surface area contributed by atoms with Crippen LogP contribution in [0.5, 0.6) is 5.75 Å². The number of H-pyrrole nitrogens is 1. The summed E-state index contributed by atoms with van der Waals surface area (Å²) in [5, 5.41) is 10.5. The number of rotatable bonds is 5. The average molecular weight is 353 g/mol. The fourth-order valence-corrected chi connectivity index (χ4v) is 3.90. The summed E-state index contributed by atoms with van der Waals surface area (Å²) in [4.78, 5) is 17.4. The molecule has 1 aromatic heterocycles. The van der Waals surface area contributed by atoms with Crippen LogP contribution < -0.4 is 15.2 Å². The number of nitriles is 1. The topological polar surface area (TPSA) is 78.3 Å². The number of methoxy groups -OCH3 is 1. The molecule has 1 aliphatic carbocycles. The number of aromatic amines is 1. The summed E-state index contributed by atoms with van der Waals surface area (Å²) in [5.41, 5.74) is 1.89. The van der Waals surface area contributed by atoms with Gasteiger partial charge < -0.3 is 19.4 Å². The van der Waals surface area contributed by atoms with E-state index in [-0.39, 0.29) is 11.1 Å². The molecule has 0 unspecified atom stereocenters. The van der Waals surface area contributed by atoms with Crippen LogP contribution in [0.3, 0.4) is 0 Å². The van der Waals surface area contributed by atoms with Gasteiger partial charge in [-0.2, -0.15) is 5.26 Å². The van der Waals surface area contributed by atoms with Gasteiger partial charge in [0, 0.05) is 25.6 Å². The fraction of sp³-hybridized carbons (Fsp3) is 0.500. The van der Waals surface area contributed by atoms with Crippen LogP contribution in [0.1, 0.15) is 31.2 Å². The number of anilines is 1. The van der Waals surface area contributed by atoms with Gasteiger partial charge in [-0.3, -0.25) is 4.79 Å². The molecule has 0 amide bonds. The molecule has 1 saturated carbocycles. The van der Waals surface area contributed by atoms with E-state index in [1.165, 1.54) is 12.8 Å². The number of benzene rings is 1. The smallest absolute Gasteiger partial charge is 0.268 e. The summed E-state index contributed by atoms with van der Waals surface area (Å²) in [6.45, 7) is 2.75. The molecule has 2 heterocycles. The molecule has 1 aliphatic heterocycles. The van der Waals surface area contributed by atoms with Crippen LogP contribution in [0.4, 0.5) is 5.69 Å². The lowest BCUT2D eigenvalue weighted by Gasteiger charge is -2.34. The Balaban J connectivity index is 1.75. The Labute approximate surface area is 152 Å². The maximum Gasteiger partial charge on any atom is 0.268 e. The maximum absolute atomic E-state index is 12.4. The van der Waals surface area contributed by atoms with Crippen molar-refractivity contribution < 1.29 is 9.47 Å². The minimum absolute atomic E-state index is 0.193. The summed E-state index contributed by atoms with van der Waals surface area (Å²) in [5.74, 6) is 0.711. The number of nitrogens with zero attached hydrogens (tertiary/aromatic N) is 2. The van der Waals surface area contributed by atoms with Gasteiger partial charge in [0.1, 0.15) is 24.0 Å². The summed E-state index contributed by atoms with van der Waals surface area (Å²) in [6.07, 6.45) is 4.91. The Kier molecular flexibility index (Phi) is 4.33. The fourth-order valence-electron chi connectivity index (χ4n) is 3.90. The van der Waals surface area contributed by atoms with Crippen LogP contribution in [0.15, 0.2) is 23.0 Å². The highest BCUT2D eigenvalue weighted by Gasteiger charge is 2.44. The van der Waals surface area contributed by atoms with E-state index < -0.39 is 0 Å². The minimum Gasteiger partial charge on any atom is -0.491 e. The van der Waals surface area contributed by atoms with Crippen LogP contribution >= 0.6 is 0 Å². The number of pyridine rings is 1. The number of nitrogens with one attached hydrogen (secondary N) is 1. The summed E-state index contributed by atoms with van der Waals surface area (Å²) >= 11 is 0. The van der Waals surface area contributed by atoms with E-state index in [1.807, 2.05) is 18.2 Å². The molecule has 0 atom stereocenters. The van der Waals surface area contributed by atoms with Gasteiger partial charge in [0.2, 0.25) is 0 Å². The Morgan fingerprint density at radius 2 is 2.00 bits per heavy atom. The predicted molar refractivity (Wildman–Crippen MR) is 99.8 cm³/mol. The molecular formula is C20H23N3O3. The van der Waals surface area contributed by atoms with Crippen LogP contribution in [0.25, 0.3) is 10.9 Å². The highest BCUT2D eigenvalue weighted by molar-refractivity contribution is 5.95. The zero-order valence-corrected chi connectivity index (χ0v) is 15.0. The van der Waals surface area contributed by atoms with Crippen molar-refractivity contribution in [1.29, 1.82) is 5.26 Å². The monoisotopic (exact) mass is 353 g/mol. The zero-order chi connectivity index (χ0) is 18.1. The van der Waals surface area contributed by atoms with Crippen LogP contribution in [0.2, 0.25) is 0 Å². The van der Waals surface area contributed by atoms with Crippen molar-refractivity contribution in [2.75, 3.05) is 38.3 Å². The van der Waals surface area contributed by atoms with Gasteiger partial charge in [-0.15, -0.1) is 0 Å². The molecule has 136 valence electrons. The largest absolute Gasteiger partial charge is 0.491 e. The molecule has 0 radical (unpaired) electrons. The Morgan fingerprint density at radius 3 is 2.65 bits per heavy atom. The van der Waals surface area contributed by atoms with Crippen molar-refractivity contribution in [2.24, 2.45) is 5.41 Å².